The fourth-order valence-electron chi connectivity index (χ4n) is 1.42. The smallest absolute Gasteiger partial charge is 0.330 e. The molecule has 0 amide bonds. The summed E-state index contributed by atoms with van der Waals surface area (Å²) < 4.78 is 19.8. The Balaban J connectivity index is 3.38. The molecule has 0 rings (SSSR count). The lowest BCUT2D eigenvalue weighted by molar-refractivity contribution is -0.142. The number of esters is 2. The van der Waals surface area contributed by atoms with E-state index in [2.05, 4.69) is 22.6 Å². The second-order valence-corrected chi connectivity index (χ2v) is 4.83. The maximum atomic E-state index is 10.8. The van der Waals surface area contributed by atoms with Crippen LogP contribution in [0.1, 0.15) is 12.8 Å². The Bertz CT molecular complexity index is 346. The van der Waals surface area contributed by atoms with E-state index in [4.69, 9.17) is 9.47 Å². The van der Waals surface area contributed by atoms with Crippen molar-refractivity contribution in [1.82, 2.24) is 0 Å². The number of carbonyl (C=O) groups is 2. The lowest BCUT2D eigenvalue weighted by atomic mass is 10.3. The number of ether oxygens (including phenoxy) is 4. The highest BCUT2D eigenvalue weighted by atomic mass is 16.6. The fraction of sp³-hybridized carbons (Fsp3) is 0.625. The molecule has 0 aliphatic heterocycles. The monoisotopic (exact) mass is 346 g/mol. The van der Waals surface area contributed by atoms with E-state index >= 15 is 0 Å². The van der Waals surface area contributed by atoms with Crippen LogP contribution < -0.4 is 0 Å². The van der Waals surface area contributed by atoms with Crippen molar-refractivity contribution in [3.05, 3.63) is 25.3 Å². The Morgan fingerprint density at radius 2 is 1.17 bits per heavy atom. The Labute approximate surface area is 141 Å². The van der Waals surface area contributed by atoms with Crippen molar-refractivity contribution < 1.29 is 38.7 Å². The predicted molar refractivity (Wildman–Crippen MR) is 85.2 cm³/mol. The molecule has 0 fully saturated rings. The molecule has 0 aromatic carbocycles. The molecule has 0 unspecified atom stereocenters. The fourth-order valence-corrected chi connectivity index (χ4v) is 1.42. The first-order valence-electron chi connectivity index (χ1n) is 7.59. The SMILES string of the molecule is C=CC(=O)OC[C@H](O)COCCCCOC[C@H](O)COC(=O)C=C. The Kier molecular flexibility index (Phi) is 13.8. The van der Waals surface area contributed by atoms with Gasteiger partial charge >= 0.3 is 11.9 Å². The van der Waals surface area contributed by atoms with Gasteiger partial charge in [0.1, 0.15) is 25.4 Å². The van der Waals surface area contributed by atoms with Gasteiger partial charge in [-0.05, 0) is 12.8 Å². The quantitative estimate of drug-likeness (QED) is 0.242. The van der Waals surface area contributed by atoms with Crippen molar-refractivity contribution in [2.75, 3.05) is 39.6 Å². The van der Waals surface area contributed by atoms with E-state index in [0.717, 1.165) is 12.2 Å². The summed E-state index contributed by atoms with van der Waals surface area (Å²) in [5.41, 5.74) is 0. The molecule has 0 bridgehead atoms. The zero-order valence-electron chi connectivity index (χ0n) is 13.7. The normalized spacial score (nSPS) is 12.9. The van der Waals surface area contributed by atoms with E-state index in [0.29, 0.717) is 26.1 Å². The number of aliphatic hydroxyl groups is 2. The van der Waals surface area contributed by atoms with Gasteiger partial charge in [0, 0.05) is 25.4 Å². The van der Waals surface area contributed by atoms with Crippen molar-refractivity contribution in [3.8, 4) is 0 Å². The molecule has 0 aliphatic rings. The van der Waals surface area contributed by atoms with Crippen LogP contribution in [0, 0.1) is 0 Å². The molecule has 0 spiro atoms. The Morgan fingerprint density at radius 1 is 0.792 bits per heavy atom. The third kappa shape index (κ3) is 13.9. The van der Waals surface area contributed by atoms with Gasteiger partial charge in [-0.25, -0.2) is 9.59 Å². The third-order valence-electron chi connectivity index (χ3n) is 2.62. The van der Waals surface area contributed by atoms with E-state index in [1.165, 1.54) is 0 Å². The second kappa shape index (κ2) is 14.8. The zero-order valence-corrected chi connectivity index (χ0v) is 13.7. The number of hydrogen-bond acceptors (Lipinski definition) is 8. The third-order valence-corrected chi connectivity index (χ3v) is 2.62. The molecule has 8 nitrogen and oxygen atoms in total. The molecule has 0 saturated heterocycles. The Hall–Kier alpha value is -1.74. The van der Waals surface area contributed by atoms with E-state index in [1.54, 1.807) is 0 Å². The van der Waals surface area contributed by atoms with Crippen molar-refractivity contribution in [2.24, 2.45) is 0 Å². The standard InChI is InChI=1S/C16H26O8/c1-3-15(19)23-11-13(17)9-21-7-5-6-8-22-10-14(18)12-24-16(20)4-2/h3-4,13-14,17-18H,1-2,5-12H2/t13-,14+. The molecule has 0 aromatic rings. The first-order chi connectivity index (χ1) is 11.5. The molecule has 8 heteroatoms. The van der Waals surface area contributed by atoms with Crippen molar-refractivity contribution in [2.45, 2.75) is 25.0 Å². The average molecular weight is 346 g/mol. The van der Waals surface area contributed by atoms with E-state index in [9.17, 15) is 19.8 Å². The van der Waals surface area contributed by atoms with Crippen molar-refractivity contribution in [1.29, 1.82) is 0 Å². The lowest BCUT2D eigenvalue weighted by Crippen LogP contribution is -2.24. The van der Waals surface area contributed by atoms with Crippen LogP contribution in [0.2, 0.25) is 0 Å². The average Bonchev–Trinajstić information content (AvgIpc) is 2.59. The molecule has 2 atom stereocenters. The lowest BCUT2D eigenvalue weighted by Gasteiger charge is -2.12. The van der Waals surface area contributed by atoms with Crippen LogP contribution in [0.3, 0.4) is 0 Å². The van der Waals surface area contributed by atoms with Gasteiger partial charge in [-0.1, -0.05) is 13.2 Å². The van der Waals surface area contributed by atoms with Gasteiger partial charge in [-0.3, -0.25) is 0 Å². The molecular weight excluding hydrogens is 320 g/mol. The van der Waals surface area contributed by atoms with Crippen LogP contribution in [0.4, 0.5) is 0 Å². The van der Waals surface area contributed by atoms with E-state index in [-0.39, 0.29) is 26.4 Å². The van der Waals surface area contributed by atoms with Gasteiger partial charge in [0.2, 0.25) is 0 Å². The first kappa shape index (κ1) is 22.3. The molecule has 138 valence electrons. The molecule has 0 heterocycles. The summed E-state index contributed by atoms with van der Waals surface area (Å²) in [5.74, 6) is -1.18. The van der Waals surface area contributed by atoms with Crippen LogP contribution in [-0.4, -0.2) is 74.0 Å². The number of rotatable bonds is 15. The summed E-state index contributed by atoms with van der Waals surface area (Å²) in [4.78, 5) is 21.6. The van der Waals surface area contributed by atoms with Crippen LogP contribution in [0.5, 0.6) is 0 Å². The second-order valence-electron chi connectivity index (χ2n) is 4.83. The van der Waals surface area contributed by atoms with Gasteiger partial charge < -0.3 is 29.2 Å². The van der Waals surface area contributed by atoms with Crippen LogP contribution in [-0.2, 0) is 28.5 Å². The molecular formula is C16H26O8. The summed E-state index contributed by atoms with van der Waals surface area (Å²) >= 11 is 0. The summed E-state index contributed by atoms with van der Waals surface area (Å²) in [7, 11) is 0. The molecule has 0 saturated carbocycles. The molecule has 2 N–H and O–H groups in total. The summed E-state index contributed by atoms with van der Waals surface area (Å²) in [6, 6.07) is 0. The summed E-state index contributed by atoms with van der Waals surface area (Å²) in [6.45, 7) is 7.20. The zero-order chi connectivity index (χ0) is 18.2. The minimum absolute atomic E-state index is 0.0681. The topological polar surface area (TPSA) is 112 Å². The number of unbranched alkanes of at least 4 members (excludes halogenated alkanes) is 1. The minimum Gasteiger partial charge on any atom is -0.460 e. The van der Waals surface area contributed by atoms with Crippen molar-refractivity contribution in [3.63, 3.8) is 0 Å². The Morgan fingerprint density at radius 3 is 1.50 bits per heavy atom. The molecule has 0 radical (unpaired) electrons. The largest absolute Gasteiger partial charge is 0.460 e. The van der Waals surface area contributed by atoms with Gasteiger partial charge in [0.25, 0.3) is 0 Å². The molecule has 0 aliphatic carbocycles. The van der Waals surface area contributed by atoms with Gasteiger partial charge in [0.05, 0.1) is 13.2 Å². The molecule has 24 heavy (non-hydrogen) atoms. The minimum atomic E-state index is -0.876. The maximum Gasteiger partial charge on any atom is 0.330 e. The van der Waals surface area contributed by atoms with Crippen molar-refractivity contribution >= 4 is 11.9 Å². The van der Waals surface area contributed by atoms with Crippen LogP contribution >= 0.6 is 0 Å². The first-order valence-corrected chi connectivity index (χ1v) is 7.59. The highest BCUT2D eigenvalue weighted by molar-refractivity contribution is 5.81. The van der Waals surface area contributed by atoms with E-state index < -0.39 is 24.1 Å². The maximum absolute atomic E-state index is 10.8. The predicted octanol–water partition coefficient (Wildman–Crippen LogP) is -0.0200. The number of carbonyl (C=O) groups excluding carboxylic acids is 2. The molecule has 0 aromatic heterocycles. The highest BCUT2D eigenvalue weighted by Crippen LogP contribution is 1.96. The van der Waals surface area contributed by atoms with Gasteiger partial charge in [0.15, 0.2) is 0 Å². The van der Waals surface area contributed by atoms with Crippen LogP contribution in [0.15, 0.2) is 25.3 Å². The summed E-state index contributed by atoms with van der Waals surface area (Å²) in [5, 5.41) is 18.9. The van der Waals surface area contributed by atoms with Crippen LogP contribution in [0.25, 0.3) is 0 Å². The van der Waals surface area contributed by atoms with E-state index in [1.807, 2.05) is 0 Å². The van der Waals surface area contributed by atoms with Gasteiger partial charge in [-0.15, -0.1) is 0 Å². The summed E-state index contributed by atoms with van der Waals surface area (Å²) in [6.07, 6.45) is 1.71. The number of aliphatic hydroxyl groups excluding tert-OH is 2. The number of hydrogen-bond donors (Lipinski definition) is 2. The van der Waals surface area contributed by atoms with Gasteiger partial charge in [-0.2, -0.15) is 0 Å². The highest BCUT2D eigenvalue weighted by Gasteiger charge is 2.08.